The zero-order valence-corrected chi connectivity index (χ0v) is 37.5. The molecule has 2 heterocycles. The first kappa shape index (κ1) is 48.3. The van der Waals surface area contributed by atoms with Crippen molar-refractivity contribution in [2.75, 3.05) is 26.7 Å². The molecule has 4 aromatic carbocycles. The van der Waals surface area contributed by atoms with Crippen molar-refractivity contribution in [3.05, 3.63) is 113 Å². The van der Waals surface area contributed by atoms with Gasteiger partial charge in [0.1, 0.15) is 42.3 Å². The molecule has 5 amide bonds. The summed E-state index contributed by atoms with van der Waals surface area (Å²) in [5.74, 6) is -2.64. The average molecular weight is 902 g/mol. The monoisotopic (exact) mass is 901 g/mol. The van der Waals surface area contributed by atoms with Gasteiger partial charge in [-0.3, -0.25) is 24.0 Å². The Balaban J connectivity index is 1.32. The number of hydrogen-bond acceptors (Lipinski definition) is 12. The van der Waals surface area contributed by atoms with E-state index in [0.29, 0.717) is 53.0 Å². The number of carbonyl (C=O) groups is 5. The average Bonchev–Trinajstić information content (AvgIpc) is 3.86. The normalized spacial score (nSPS) is 16.5. The minimum atomic E-state index is -1.38. The van der Waals surface area contributed by atoms with Gasteiger partial charge in [0.25, 0.3) is 5.91 Å². The van der Waals surface area contributed by atoms with Crippen molar-refractivity contribution >= 4 is 29.5 Å². The smallest absolute Gasteiger partial charge is 0.251 e. The Labute approximate surface area is 383 Å². The van der Waals surface area contributed by atoms with Crippen LogP contribution in [0, 0.1) is 0 Å². The van der Waals surface area contributed by atoms with E-state index in [1.807, 2.05) is 12.1 Å². The molecule has 1 aliphatic heterocycles. The van der Waals surface area contributed by atoms with Crippen LogP contribution in [0.4, 0.5) is 0 Å². The summed E-state index contributed by atoms with van der Waals surface area (Å²) in [7, 11) is 1.45. The van der Waals surface area contributed by atoms with Gasteiger partial charge in [-0.05, 0) is 110 Å². The van der Waals surface area contributed by atoms with E-state index in [1.54, 1.807) is 42.5 Å². The number of likely N-dealkylation sites (N-methyl/N-ethyl adjacent to an activating group) is 1. The van der Waals surface area contributed by atoms with Gasteiger partial charge in [-0.1, -0.05) is 67.1 Å². The summed E-state index contributed by atoms with van der Waals surface area (Å²) in [4.78, 5) is 71.9. The highest BCUT2D eigenvalue weighted by atomic mass is 16.5. The van der Waals surface area contributed by atoms with Crippen molar-refractivity contribution < 1.29 is 33.8 Å². The largest absolute Gasteiger partial charge is 0.507 e. The summed E-state index contributed by atoms with van der Waals surface area (Å²) < 4.78 is 6.03. The van der Waals surface area contributed by atoms with Gasteiger partial charge in [0.2, 0.25) is 23.6 Å². The van der Waals surface area contributed by atoms with Crippen molar-refractivity contribution in [2.45, 2.75) is 89.5 Å². The first-order chi connectivity index (χ1) is 31.9. The fourth-order valence-corrected chi connectivity index (χ4v) is 7.77. The molecule has 4 atom stereocenters. The number of tetrazole rings is 1. The fourth-order valence-electron chi connectivity index (χ4n) is 7.77. The molecule has 0 radical (unpaired) electrons. The molecule has 0 aliphatic carbocycles. The number of H-pyrrole nitrogens is 1. The third kappa shape index (κ3) is 12.3. The summed E-state index contributed by atoms with van der Waals surface area (Å²) in [6.45, 7) is 4.22. The standard InChI is InChI=1S/C48H59N11O7/c1-4-5-8-30-10-13-32(14-11-30)33-15-17-34(18-16-33)45(62)53-38(9-6-7-22-49)48(65)59(3)43-35-19-21-41(66-24-23-50)37(27-35)36-25-31(12-20-40(36)60)26-39(54-44(61)29(2)52-47(43)64)46(63)51-28-42-55-57-58-56-42/h10-21,25,27,29,38-39,43,60H,4-9,22-24,26,28,49-50H2,1-3H3,(H,51,63)(H,52,64)(H,53,62)(H,54,61)(H,55,56,57,58)/t29-,38-,39-,43-/m0/s1. The molecule has 1 aromatic heterocycles. The predicted molar refractivity (Wildman–Crippen MR) is 248 cm³/mol. The summed E-state index contributed by atoms with van der Waals surface area (Å²) >= 11 is 0. The lowest BCUT2D eigenvalue weighted by Gasteiger charge is -2.32. The number of aryl methyl sites for hydroxylation is 1. The number of rotatable bonds is 18. The van der Waals surface area contributed by atoms with E-state index >= 15 is 0 Å². The zero-order valence-electron chi connectivity index (χ0n) is 37.5. The second-order valence-electron chi connectivity index (χ2n) is 16.3. The Bertz CT molecular complexity index is 2450. The van der Waals surface area contributed by atoms with Gasteiger partial charge in [-0.25, -0.2) is 0 Å². The Hall–Kier alpha value is -7.18. The van der Waals surface area contributed by atoms with Gasteiger partial charge < -0.3 is 47.5 Å². The maximum atomic E-state index is 14.8. The van der Waals surface area contributed by atoms with Crippen LogP contribution >= 0.6 is 0 Å². The zero-order chi connectivity index (χ0) is 47.2. The molecule has 0 saturated heterocycles. The highest BCUT2D eigenvalue weighted by Crippen LogP contribution is 2.39. The molecule has 18 heteroatoms. The lowest BCUT2D eigenvalue weighted by atomic mass is 9.93. The minimum Gasteiger partial charge on any atom is -0.507 e. The Kier molecular flexibility index (Phi) is 16.9. The van der Waals surface area contributed by atoms with E-state index in [1.165, 1.54) is 30.5 Å². The van der Waals surface area contributed by atoms with Gasteiger partial charge in [-0.2, -0.15) is 5.21 Å². The van der Waals surface area contributed by atoms with Gasteiger partial charge in [0, 0.05) is 36.7 Å². The number of fused-ring (bicyclic) bond motifs is 5. The van der Waals surface area contributed by atoms with E-state index in [4.69, 9.17) is 16.2 Å². The number of carbonyl (C=O) groups excluding carboxylic acids is 5. The van der Waals surface area contributed by atoms with Gasteiger partial charge >= 0.3 is 0 Å². The van der Waals surface area contributed by atoms with Gasteiger partial charge in [0.05, 0.1) is 6.54 Å². The third-order valence-corrected chi connectivity index (χ3v) is 11.5. The number of nitrogens with two attached hydrogens (primary N) is 2. The summed E-state index contributed by atoms with van der Waals surface area (Å²) in [5, 5.41) is 36.0. The maximum Gasteiger partial charge on any atom is 0.251 e. The van der Waals surface area contributed by atoms with Gasteiger partial charge in [-0.15, -0.1) is 10.2 Å². The van der Waals surface area contributed by atoms with Crippen LogP contribution in [0.15, 0.2) is 84.9 Å². The van der Waals surface area contributed by atoms with Crippen LogP contribution in [-0.4, -0.2) is 105 Å². The molecule has 0 unspecified atom stereocenters. The van der Waals surface area contributed by atoms with Crippen LogP contribution in [0.3, 0.4) is 0 Å². The Morgan fingerprint density at radius 2 is 1.64 bits per heavy atom. The van der Waals surface area contributed by atoms with E-state index in [0.717, 1.165) is 30.4 Å². The predicted octanol–water partition coefficient (Wildman–Crippen LogP) is 3.21. The number of amides is 5. The molecular weight excluding hydrogens is 843 g/mol. The van der Waals surface area contributed by atoms with Crippen LogP contribution in [0.25, 0.3) is 22.3 Å². The molecule has 0 spiro atoms. The molecule has 4 bridgehead atoms. The molecule has 6 rings (SSSR count). The van der Waals surface area contributed by atoms with E-state index < -0.39 is 53.7 Å². The van der Waals surface area contributed by atoms with Crippen LogP contribution < -0.4 is 37.5 Å². The number of aromatic amines is 1. The molecule has 1 aliphatic rings. The van der Waals surface area contributed by atoms with Crippen molar-refractivity contribution in [3.8, 4) is 33.8 Å². The second kappa shape index (κ2) is 23.1. The minimum absolute atomic E-state index is 0.00923. The first-order valence-corrected chi connectivity index (χ1v) is 22.3. The number of aromatic hydroxyl groups is 1. The lowest BCUT2D eigenvalue weighted by Crippen LogP contribution is -2.55. The number of nitrogens with one attached hydrogen (secondary N) is 5. The molecule has 0 fully saturated rings. The lowest BCUT2D eigenvalue weighted by molar-refractivity contribution is -0.141. The van der Waals surface area contributed by atoms with Crippen LogP contribution in [-0.2, 0) is 38.6 Å². The number of aromatic nitrogens is 4. The molecule has 66 heavy (non-hydrogen) atoms. The highest BCUT2D eigenvalue weighted by Gasteiger charge is 2.36. The maximum absolute atomic E-state index is 14.8. The second-order valence-corrected chi connectivity index (χ2v) is 16.3. The topological polar surface area (TPSA) is 273 Å². The van der Waals surface area contributed by atoms with Gasteiger partial charge in [0.15, 0.2) is 5.82 Å². The molecular formula is C48H59N11O7. The van der Waals surface area contributed by atoms with Crippen molar-refractivity contribution in [1.82, 2.24) is 46.8 Å². The summed E-state index contributed by atoms with van der Waals surface area (Å²) in [5.41, 5.74) is 16.7. The Morgan fingerprint density at radius 1 is 0.894 bits per heavy atom. The molecule has 348 valence electrons. The van der Waals surface area contributed by atoms with Crippen LogP contribution in [0.2, 0.25) is 0 Å². The third-order valence-electron chi connectivity index (χ3n) is 11.5. The quantitative estimate of drug-likeness (QED) is 0.0590. The summed E-state index contributed by atoms with van der Waals surface area (Å²) in [6, 6.07) is 20.3. The molecule has 0 saturated carbocycles. The van der Waals surface area contributed by atoms with Crippen LogP contribution in [0.5, 0.6) is 11.5 Å². The number of phenolic OH excluding ortho intramolecular Hbond substituents is 1. The highest BCUT2D eigenvalue weighted by molar-refractivity contribution is 5.99. The fraction of sp³-hybridized carbons (Fsp3) is 0.375. The number of unbranched alkanes of at least 4 members (excludes halogenated alkanes) is 2. The molecule has 10 N–H and O–H groups in total. The number of phenols is 1. The number of ether oxygens (including phenoxy) is 1. The number of nitrogens with zero attached hydrogens (tertiary/aromatic N) is 4. The number of benzene rings is 4. The summed E-state index contributed by atoms with van der Waals surface area (Å²) in [6.07, 6.45) is 4.54. The SMILES string of the molecule is CCCCc1ccc(-c2ccc(C(=O)N[C@@H](CCCCN)C(=O)N(C)[C@@H]3C(=O)N[C@@H](C)C(=O)N[C@H](C(=O)NCc4nn[nH]n4)Cc4ccc(O)c(c4)-c4cc3ccc4OCCN)cc2)cc1. The number of hydrogen-bond donors (Lipinski definition) is 8. The Morgan fingerprint density at radius 3 is 2.32 bits per heavy atom. The first-order valence-electron chi connectivity index (χ1n) is 22.3. The van der Waals surface area contributed by atoms with E-state index in [-0.39, 0.29) is 44.1 Å². The molecule has 5 aromatic rings. The van der Waals surface area contributed by atoms with Crippen molar-refractivity contribution in [1.29, 1.82) is 0 Å². The van der Waals surface area contributed by atoms with Crippen molar-refractivity contribution in [2.24, 2.45) is 11.5 Å². The van der Waals surface area contributed by atoms with E-state index in [2.05, 4.69) is 73.1 Å². The van der Waals surface area contributed by atoms with Crippen LogP contribution in [0.1, 0.15) is 84.9 Å². The van der Waals surface area contributed by atoms with Crippen molar-refractivity contribution in [3.63, 3.8) is 0 Å². The van der Waals surface area contributed by atoms with E-state index in [9.17, 15) is 29.1 Å². The molecule has 18 nitrogen and oxygen atoms in total.